The zero-order valence-corrected chi connectivity index (χ0v) is 17.5. The molecule has 1 saturated heterocycles. The lowest BCUT2D eigenvalue weighted by Gasteiger charge is -2.24. The molecule has 2 aromatic carbocycles. The molecule has 0 saturated carbocycles. The summed E-state index contributed by atoms with van der Waals surface area (Å²) in [6.07, 6.45) is -4.21. The van der Waals surface area contributed by atoms with Crippen LogP contribution in [0.5, 0.6) is 11.5 Å². The van der Waals surface area contributed by atoms with Crippen molar-refractivity contribution in [3.8, 4) is 22.8 Å². The van der Waals surface area contributed by atoms with E-state index < -0.39 is 45.6 Å². The summed E-state index contributed by atoms with van der Waals surface area (Å²) in [5.41, 5.74) is -1.80. The van der Waals surface area contributed by atoms with Crippen molar-refractivity contribution in [3.05, 3.63) is 56.7 Å². The first-order valence-electron chi connectivity index (χ1n) is 9.74. The van der Waals surface area contributed by atoms with Crippen molar-refractivity contribution < 1.29 is 32.9 Å². The maximum atomic E-state index is 13.3. The van der Waals surface area contributed by atoms with Crippen LogP contribution in [0, 0.1) is 0 Å². The first-order valence-corrected chi connectivity index (χ1v) is 10.1. The van der Waals surface area contributed by atoms with Gasteiger partial charge in [0.2, 0.25) is 0 Å². The highest BCUT2D eigenvalue weighted by molar-refractivity contribution is 6.34. The van der Waals surface area contributed by atoms with Crippen molar-refractivity contribution in [2.24, 2.45) is 0 Å². The van der Waals surface area contributed by atoms with Crippen LogP contribution in [0.1, 0.15) is 23.5 Å². The fraction of sp³-hybridized carbons (Fsp3) is 0.318. The zero-order valence-electron chi connectivity index (χ0n) is 16.8. The van der Waals surface area contributed by atoms with E-state index in [0.717, 1.165) is 24.3 Å². The number of likely N-dealkylation sites (tertiary alicyclic amines) is 1. The molecule has 1 aliphatic rings. The number of hydrogen-bond donors (Lipinski definition) is 3. The Hall–Kier alpha value is -2.75. The van der Waals surface area contributed by atoms with E-state index in [4.69, 9.17) is 16.0 Å². The lowest BCUT2D eigenvalue weighted by atomic mass is 9.89. The standard InChI is InChI=1S/C22H19ClF3NO5/c1-27-6-5-10(14(27)9-28)18-20(31)16(30)7-12-15(29)8-17(32-21(12)18)11-3-2-4-13(19(11)23)22(24,25)26/h2-4,7-8,10,14,28,30-31H,5-6,9H2,1H3. The monoisotopic (exact) mass is 469 g/mol. The molecule has 32 heavy (non-hydrogen) atoms. The molecule has 1 fully saturated rings. The number of fused-ring (bicyclic) bond motifs is 1. The molecule has 2 heterocycles. The number of phenols is 2. The fourth-order valence-corrected chi connectivity index (χ4v) is 4.65. The second-order valence-corrected chi connectivity index (χ2v) is 8.18. The Morgan fingerprint density at radius 3 is 2.62 bits per heavy atom. The molecule has 1 aromatic heterocycles. The van der Waals surface area contributed by atoms with Crippen molar-refractivity contribution in [3.63, 3.8) is 0 Å². The smallest absolute Gasteiger partial charge is 0.417 e. The molecule has 0 radical (unpaired) electrons. The minimum Gasteiger partial charge on any atom is -0.504 e. The molecule has 10 heteroatoms. The first kappa shape index (κ1) is 22.4. The Labute approximate surface area is 185 Å². The molecule has 3 N–H and O–H groups in total. The number of benzene rings is 2. The second kappa shape index (κ2) is 7.99. The Morgan fingerprint density at radius 2 is 1.97 bits per heavy atom. The highest BCUT2D eigenvalue weighted by atomic mass is 35.5. The number of halogens is 4. The first-order chi connectivity index (χ1) is 15.0. The third-order valence-corrected chi connectivity index (χ3v) is 6.37. The predicted octanol–water partition coefficient (Wildman–Crippen LogP) is 4.32. The van der Waals surface area contributed by atoms with Gasteiger partial charge in [-0.3, -0.25) is 4.79 Å². The van der Waals surface area contributed by atoms with E-state index in [1.54, 1.807) is 7.05 Å². The normalized spacial score (nSPS) is 19.7. The summed E-state index contributed by atoms with van der Waals surface area (Å²) in [5.74, 6) is -1.74. The molecule has 0 aliphatic carbocycles. The summed E-state index contributed by atoms with van der Waals surface area (Å²) >= 11 is 6.01. The molecular formula is C22H19ClF3NO5. The van der Waals surface area contributed by atoms with E-state index in [9.17, 15) is 33.3 Å². The van der Waals surface area contributed by atoms with Crippen LogP contribution >= 0.6 is 11.6 Å². The van der Waals surface area contributed by atoms with Crippen LogP contribution < -0.4 is 5.43 Å². The van der Waals surface area contributed by atoms with E-state index >= 15 is 0 Å². The van der Waals surface area contributed by atoms with Gasteiger partial charge in [0, 0.05) is 29.2 Å². The third kappa shape index (κ3) is 3.60. The minimum absolute atomic E-state index is 0.0478. The summed E-state index contributed by atoms with van der Waals surface area (Å²) < 4.78 is 45.7. The van der Waals surface area contributed by atoms with Crippen LogP contribution in [-0.4, -0.2) is 46.5 Å². The van der Waals surface area contributed by atoms with Crippen LogP contribution in [0.25, 0.3) is 22.3 Å². The van der Waals surface area contributed by atoms with E-state index in [1.165, 1.54) is 6.07 Å². The van der Waals surface area contributed by atoms with Gasteiger partial charge in [-0.15, -0.1) is 0 Å². The fourth-order valence-electron chi connectivity index (χ4n) is 4.32. The number of nitrogens with zero attached hydrogens (tertiary/aromatic N) is 1. The second-order valence-electron chi connectivity index (χ2n) is 7.80. The maximum absolute atomic E-state index is 13.3. The van der Waals surface area contributed by atoms with Gasteiger partial charge >= 0.3 is 6.18 Å². The number of alkyl halides is 3. The summed E-state index contributed by atoms with van der Waals surface area (Å²) in [6, 6.07) is 4.88. The van der Waals surface area contributed by atoms with Crippen molar-refractivity contribution in [2.75, 3.05) is 20.2 Å². The summed E-state index contributed by atoms with van der Waals surface area (Å²) in [7, 11) is 1.78. The lowest BCUT2D eigenvalue weighted by molar-refractivity contribution is -0.137. The van der Waals surface area contributed by atoms with E-state index in [1.807, 2.05) is 4.90 Å². The zero-order chi connectivity index (χ0) is 23.4. The van der Waals surface area contributed by atoms with Crippen LogP contribution in [-0.2, 0) is 6.18 Å². The van der Waals surface area contributed by atoms with Gasteiger partial charge in [-0.1, -0.05) is 17.7 Å². The predicted molar refractivity (Wildman–Crippen MR) is 112 cm³/mol. The van der Waals surface area contributed by atoms with Gasteiger partial charge in [-0.2, -0.15) is 13.2 Å². The number of hydrogen-bond acceptors (Lipinski definition) is 6. The number of phenolic OH excluding ortho intramolecular Hbond substituents is 2. The van der Waals surface area contributed by atoms with Crippen LogP contribution in [0.15, 0.2) is 39.5 Å². The topological polar surface area (TPSA) is 94.1 Å². The molecule has 0 amide bonds. The van der Waals surface area contributed by atoms with Gasteiger partial charge in [-0.05, 0) is 38.2 Å². The Morgan fingerprint density at radius 1 is 1.25 bits per heavy atom. The van der Waals surface area contributed by atoms with Gasteiger partial charge in [0.1, 0.15) is 11.3 Å². The van der Waals surface area contributed by atoms with Gasteiger partial charge in [-0.25, -0.2) is 0 Å². The highest BCUT2D eigenvalue weighted by Gasteiger charge is 2.37. The number of aromatic hydroxyl groups is 2. The van der Waals surface area contributed by atoms with Crippen molar-refractivity contribution in [2.45, 2.75) is 24.6 Å². The number of rotatable bonds is 3. The molecule has 0 spiro atoms. The summed E-state index contributed by atoms with van der Waals surface area (Å²) in [4.78, 5) is 14.7. The molecule has 170 valence electrons. The molecule has 3 aromatic rings. The van der Waals surface area contributed by atoms with Crippen LogP contribution in [0.4, 0.5) is 13.2 Å². The highest BCUT2D eigenvalue weighted by Crippen LogP contribution is 2.46. The van der Waals surface area contributed by atoms with Gasteiger partial charge < -0.3 is 24.6 Å². The minimum atomic E-state index is -4.71. The van der Waals surface area contributed by atoms with E-state index in [2.05, 4.69) is 0 Å². The molecule has 4 rings (SSSR count). The Balaban J connectivity index is 2.01. The molecule has 1 aliphatic heterocycles. The van der Waals surface area contributed by atoms with E-state index in [-0.39, 0.29) is 34.5 Å². The number of likely N-dealkylation sites (N-methyl/N-ethyl adjacent to an activating group) is 1. The summed E-state index contributed by atoms with van der Waals surface area (Å²) in [5, 5.41) is 30.0. The largest absolute Gasteiger partial charge is 0.504 e. The number of aliphatic hydroxyl groups is 1. The average molecular weight is 470 g/mol. The Bertz CT molecular complexity index is 1260. The van der Waals surface area contributed by atoms with E-state index in [0.29, 0.717) is 13.0 Å². The molecule has 2 atom stereocenters. The van der Waals surface area contributed by atoms with Crippen LogP contribution in [0.3, 0.4) is 0 Å². The Kier molecular flexibility index (Phi) is 5.60. The van der Waals surface area contributed by atoms with Gasteiger partial charge in [0.15, 0.2) is 16.9 Å². The third-order valence-electron chi connectivity index (χ3n) is 5.96. The van der Waals surface area contributed by atoms with Gasteiger partial charge in [0.05, 0.1) is 22.6 Å². The molecule has 6 nitrogen and oxygen atoms in total. The lowest BCUT2D eigenvalue weighted by Crippen LogP contribution is -2.32. The molecule has 0 bridgehead atoms. The van der Waals surface area contributed by atoms with Crippen molar-refractivity contribution in [1.82, 2.24) is 4.90 Å². The van der Waals surface area contributed by atoms with Crippen molar-refractivity contribution in [1.29, 1.82) is 0 Å². The van der Waals surface area contributed by atoms with Crippen LogP contribution in [0.2, 0.25) is 5.02 Å². The molecule has 2 unspecified atom stereocenters. The van der Waals surface area contributed by atoms with Gasteiger partial charge in [0.25, 0.3) is 0 Å². The number of aliphatic hydroxyl groups excluding tert-OH is 1. The average Bonchev–Trinajstić information content (AvgIpc) is 3.08. The van der Waals surface area contributed by atoms with Crippen molar-refractivity contribution >= 4 is 22.6 Å². The maximum Gasteiger partial charge on any atom is 0.417 e. The SMILES string of the molecule is CN1CCC(c2c(O)c(O)cc3c(=O)cc(-c4cccc(C(F)(F)F)c4Cl)oc23)C1CO. The molecular weight excluding hydrogens is 451 g/mol. The summed E-state index contributed by atoms with van der Waals surface area (Å²) in [6.45, 7) is 0.330. The quantitative estimate of drug-likeness (QED) is 0.494.